The minimum Gasteiger partial charge on any atom is -0.476 e. The molecule has 1 aliphatic rings. The second-order valence-corrected chi connectivity index (χ2v) is 4.26. The first kappa shape index (κ1) is 13.3. The standard InChI is InChI=1S/C11H16N4O4/c16-10(17)9-5-15(7-13-9)3-2-12-11(18)14-8-1-4-19-6-8/h5,7-8H,1-4,6H2,(H,16,17)(H2,12,14,18). The van der Waals surface area contributed by atoms with E-state index in [1.54, 1.807) is 4.57 Å². The highest BCUT2D eigenvalue weighted by Gasteiger charge is 2.17. The van der Waals surface area contributed by atoms with Crippen molar-refractivity contribution in [1.82, 2.24) is 20.2 Å². The molecule has 2 amide bonds. The van der Waals surface area contributed by atoms with E-state index in [0.717, 1.165) is 6.42 Å². The molecule has 2 rings (SSSR count). The van der Waals surface area contributed by atoms with Crippen molar-refractivity contribution in [3.05, 3.63) is 18.2 Å². The smallest absolute Gasteiger partial charge is 0.356 e. The Morgan fingerprint density at radius 1 is 1.58 bits per heavy atom. The highest BCUT2D eigenvalue weighted by Crippen LogP contribution is 2.02. The summed E-state index contributed by atoms with van der Waals surface area (Å²) < 4.78 is 6.76. The van der Waals surface area contributed by atoms with Gasteiger partial charge in [0.25, 0.3) is 0 Å². The van der Waals surface area contributed by atoms with E-state index in [1.165, 1.54) is 12.5 Å². The molecule has 2 heterocycles. The lowest BCUT2D eigenvalue weighted by Gasteiger charge is -2.11. The summed E-state index contributed by atoms with van der Waals surface area (Å²) in [4.78, 5) is 25.8. The molecule has 1 atom stereocenters. The zero-order chi connectivity index (χ0) is 13.7. The quantitative estimate of drug-likeness (QED) is 0.678. The molecule has 0 aliphatic carbocycles. The molecule has 8 heteroatoms. The molecule has 1 fully saturated rings. The van der Waals surface area contributed by atoms with Gasteiger partial charge in [0.1, 0.15) is 0 Å². The monoisotopic (exact) mass is 268 g/mol. The van der Waals surface area contributed by atoms with Crippen molar-refractivity contribution in [2.75, 3.05) is 19.8 Å². The summed E-state index contributed by atoms with van der Waals surface area (Å²) in [5, 5.41) is 14.2. The molecular formula is C11H16N4O4. The van der Waals surface area contributed by atoms with Gasteiger partial charge in [-0.1, -0.05) is 0 Å². The van der Waals surface area contributed by atoms with Crippen LogP contribution in [-0.4, -0.2) is 52.5 Å². The molecule has 0 aromatic carbocycles. The van der Waals surface area contributed by atoms with E-state index in [1.807, 2.05) is 0 Å². The molecule has 1 aromatic rings. The minimum atomic E-state index is -1.06. The van der Waals surface area contributed by atoms with Crippen molar-refractivity contribution in [3.63, 3.8) is 0 Å². The van der Waals surface area contributed by atoms with Gasteiger partial charge in [0.2, 0.25) is 0 Å². The molecule has 1 aromatic heterocycles. The number of carbonyl (C=O) groups is 2. The topological polar surface area (TPSA) is 105 Å². The van der Waals surface area contributed by atoms with Crippen LogP contribution in [0.5, 0.6) is 0 Å². The van der Waals surface area contributed by atoms with Gasteiger partial charge >= 0.3 is 12.0 Å². The number of hydrogen-bond acceptors (Lipinski definition) is 4. The summed E-state index contributed by atoms with van der Waals surface area (Å²) in [5.41, 5.74) is -0.00689. The third-order valence-electron chi connectivity index (χ3n) is 2.77. The van der Waals surface area contributed by atoms with Crippen LogP contribution in [0.25, 0.3) is 0 Å². The number of hydrogen-bond donors (Lipinski definition) is 3. The maximum atomic E-state index is 11.5. The fourth-order valence-corrected chi connectivity index (χ4v) is 1.78. The summed E-state index contributed by atoms with van der Waals surface area (Å²) in [6.07, 6.45) is 3.68. The van der Waals surface area contributed by atoms with Crippen LogP contribution in [0.2, 0.25) is 0 Å². The van der Waals surface area contributed by atoms with Crippen molar-refractivity contribution in [2.45, 2.75) is 19.0 Å². The number of imidazole rings is 1. The lowest BCUT2D eigenvalue weighted by atomic mass is 10.3. The number of carbonyl (C=O) groups excluding carboxylic acids is 1. The van der Waals surface area contributed by atoms with Gasteiger partial charge in [-0.15, -0.1) is 0 Å². The molecule has 1 saturated heterocycles. The van der Waals surface area contributed by atoms with Gasteiger partial charge in [-0.2, -0.15) is 0 Å². The number of aromatic carboxylic acids is 1. The van der Waals surface area contributed by atoms with E-state index in [2.05, 4.69) is 15.6 Å². The number of carboxylic acid groups (broad SMARTS) is 1. The zero-order valence-electron chi connectivity index (χ0n) is 10.3. The molecule has 0 bridgehead atoms. The Bertz CT molecular complexity index is 453. The SMILES string of the molecule is O=C(NCCn1cnc(C(=O)O)c1)NC1CCOC1. The van der Waals surface area contributed by atoms with Crippen LogP contribution >= 0.6 is 0 Å². The van der Waals surface area contributed by atoms with E-state index in [-0.39, 0.29) is 17.8 Å². The Hall–Kier alpha value is -2.09. The van der Waals surface area contributed by atoms with E-state index < -0.39 is 5.97 Å². The van der Waals surface area contributed by atoms with Gasteiger partial charge in [0.05, 0.1) is 19.0 Å². The second kappa shape index (κ2) is 6.19. The molecular weight excluding hydrogens is 252 g/mol. The Morgan fingerprint density at radius 2 is 2.42 bits per heavy atom. The molecule has 104 valence electrons. The number of ether oxygens (including phenoxy) is 1. The van der Waals surface area contributed by atoms with Crippen LogP contribution in [0.1, 0.15) is 16.9 Å². The summed E-state index contributed by atoms with van der Waals surface area (Å²) in [6.45, 7) is 2.10. The molecule has 1 unspecified atom stereocenters. The van der Waals surface area contributed by atoms with Gasteiger partial charge in [-0.05, 0) is 6.42 Å². The van der Waals surface area contributed by atoms with Crippen LogP contribution in [-0.2, 0) is 11.3 Å². The normalized spacial score (nSPS) is 18.2. The van der Waals surface area contributed by atoms with E-state index in [9.17, 15) is 9.59 Å². The fourth-order valence-electron chi connectivity index (χ4n) is 1.78. The molecule has 0 saturated carbocycles. The van der Waals surface area contributed by atoms with Gasteiger partial charge in [0, 0.05) is 25.9 Å². The first-order chi connectivity index (χ1) is 9.15. The molecule has 0 spiro atoms. The van der Waals surface area contributed by atoms with Crippen LogP contribution in [0.3, 0.4) is 0 Å². The number of nitrogens with one attached hydrogen (secondary N) is 2. The average Bonchev–Trinajstić information content (AvgIpc) is 3.00. The van der Waals surface area contributed by atoms with Crippen LogP contribution in [0, 0.1) is 0 Å². The Labute approximate surface area is 109 Å². The third kappa shape index (κ3) is 3.95. The molecule has 3 N–H and O–H groups in total. The van der Waals surface area contributed by atoms with Crippen LogP contribution in [0.4, 0.5) is 4.79 Å². The molecule has 19 heavy (non-hydrogen) atoms. The first-order valence-electron chi connectivity index (χ1n) is 6.02. The van der Waals surface area contributed by atoms with Gasteiger partial charge < -0.3 is 25.0 Å². The number of carboxylic acids is 1. The molecule has 1 aliphatic heterocycles. The number of amides is 2. The predicted molar refractivity (Wildman–Crippen MR) is 64.9 cm³/mol. The van der Waals surface area contributed by atoms with Crippen molar-refractivity contribution in [3.8, 4) is 0 Å². The van der Waals surface area contributed by atoms with Crippen molar-refractivity contribution in [2.24, 2.45) is 0 Å². The number of nitrogens with zero attached hydrogens (tertiary/aromatic N) is 2. The zero-order valence-corrected chi connectivity index (χ0v) is 10.3. The van der Waals surface area contributed by atoms with Crippen molar-refractivity contribution >= 4 is 12.0 Å². The average molecular weight is 268 g/mol. The first-order valence-corrected chi connectivity index (χ1v) is 6.02. The number of urea groups is 1. The van der Waals surface area contributed by atoms with Crippen molar-refractivity contribution in [1.29, 1.82) is 0 Å². The minimum absolute atomic E-state index is 0.00689. The summed E-state index contributed by atoms with van der Waals surface area (Å²) >= 11 is 0. The van der Waals surface area contributed by atoms with E-state index in [4.69, 9.17) is 9.84 Å². The summed E-state index contributed by atoms with van der Waals surface area (Å²) in [6, 6.07) is -0.166. The Kier molecular flexibility index (Phi) is 4.35. The van der Waals surface area contributed by atoms with Gasteiger partial charge in [-0.3, -0.25) is 0 Å². The third-order valence-corrected chi connectivity index (χ3v) is 2.77. The molecule has 8 nitrogen and oxygen atoms in total. The van der Waals surface area contributed by atoms with Crippen LogP contribution < -0.4 is 10.6 Å². The van der Waals surface area contributed by atoms with Gasteiger partial charge in [-0.25, -0.2) is 14.6 Å². The maximum Gasteiger partial charge on any atom is 0.356 e. The van der Waals surface area contributed by atoms with Crippen molar-refractivity contribution < 1.29 is 19.4 Å². The van der Waals surface area contributed by atoms with Gasteiger partial charge in [0.15, 0.2) is 5.69 Å². The Morgan fingerprint density at radius 3 is 3.05 bits per heavy atom. The highest BCUT2D eigenvalue weighted by molar-refractivity contribution is 5.84. The Balaban J connectivity index is 1.67. The largest absolute Gasteiger partial charge is 0.476 e. The highest BCUT2D eigenvalue weighted by atomic mass is 16.5. The van der Waals surface area contributed by atoms with Crippen LogP contribution in [0.15, 0.2) is 12.5 Å². The van der Waals surface area contributed by atoms with E-state index >= 15 is 0 Å². The predicted octanol–water partition coefficient (Wildman–Crippen LogP) is -0.331. The van der Waals surface area contributed by atoms with E-state index in [0.29, 0.717) is 26.3 Å². The summed E-state index contributed by atoms with van der Waals surface area (Å²) in [5.74, 6) is -1.06. The fraction of sp³-hybridized carbons (Fsp3) is 0.545. The maximum absolute atomic E-state index is 11.5. The number of rotatable bonds is 5. The molecule has 0 radical (unpaired) electrons. The second-order valence-electron chi connectivity index (χ2n) is 4.26. The summed E-state index contributed by atoms with van der Waals surface area (Å²) in [7, 11) is 0. The lowest BCUT2D eigenvalue weighted by Crippen LogP contribution is -2.43. The lowest BCUT2D eigenvalue weighted by molar-refractivity contribution is 0.0691. The number of aromatic nitrogens is 2.